The number of nitro benzene ring substituents is 1. The van der Waals surface area contributed by atoms with E-state index in [4.69, 9.17) is 11.6 Å². The molecule has 5 rings (SSSR count). The van der Waals surface area contributed by atoms with Crippen molar-refractivity contribution in [1.82, 2.24) is 9.47 Å². The first-order valence-corrected chi connectivity index (χ1v) is 12.0. The van der Waals surface area contributed by atoms with E-state index >= 15 is 0 Å². The van der Waals surface area contributed by atoms with Crippen molar-refractivity contribution < 1.29 is 18.9 Å². The number of fused-ring (bicyclic) bond motifs is 1. The number of nitrogens with zero attached hydrogens (tertiary/aromatic N) is 3. The lowest BCUT2D eigenvalue weighted by atomic mass is 10.1. The molecule has 1 fully saturated rings. The Labute approximate surface area is 213 Å². The average molecular weight is 522 g/mol. The van der Waals surface area contributed by atoms with Gasteiger partial charge in [0.25, 0.3) is 16.8 Å². The van der Waals surface area contributed by atoms with E-state index in [2.05, 4.69) is 0 Å². The number of benzene rings is 3. The van der Waals surface area contributed by atoms with Crippen LogP contribution in [0.2, 0.25) is 5.02 Å². The minimum Gasteiger partial charge on any atom is -0.342 e. The van der Waals surface area contributed by atoms with Crippen LogP contribution in [0.3, 0.4) is 0 Å². The number of halogens is 2. The minimum atomic E-state index is -0.497. The van der Waals surface area contributed by atoms with Crippen molar-refractivity contribution in [2.45, 2.75) is 13.1 Å². The number of rotatable bonds is 6. The van der Waals surface area contributed by atoms with Crippen molar-refractivity contribution in [3.63, 3.8) is 0 Å². The number of hydrogen-bond acceptors (Lipinski definition) is 5. The van der Waals surface area contributed by atoms with Gasteiger partial charge in [-0.25, -0.2) is 4.39 Å². The van der Waals surface area contributed by atoms with Gasteiger partial charge >= 0.3 is 0 Å². The van der Waals surface area contributed by atoms with Crippen molar-refractivity contribution >= 4 is 57.2 Å². The molecule has 7 nitrogen and oxygen atoms in total. The Morgan fingerprint density at radius 2 is 1.78 bits per heavy atom. The van der Waals surface area contributed by atoms with Crippen molar-refractivity contribution in [2.75, 3.05) is 0 Å². The third-order valence-corrected chi connectivity index (χ3v) is 7.08. The van der Waals surface area contributed by atoms with Crippen LogP contribution in [-0.4, -0.2) is 25.5 Å². The lowest BCUT2D eigenvalue weighted by Gasteiger charge is -2.13. The Hall–Kier alpha value is -3.95. The molecule has 1 aliphatic heterocycles. The number of amides is 2. The zero-order chi connectivity index (χ0) is 25.4. The predicted octanol–water partition coefficient (Wildman–Crippen LogP) is 6.63. The second kappa shape index (κ2) is 9.60. The monoisotopic (exact) mass is 521 g/mol. The molecule has 0 radical (unpaired) electrons. The summed E-state index contributed by atoms with van der Waals surface area (Å²) in [5, 5.41) is 11.5. The van der Waals surface area contributed by atoms with Gasteiger partial charge in [-0.1, -0.05) is 48.0 Å². The molecular formula is C26H17ClFN3O4S. The largest absolute Gasteiger partial charge is 0.342 e. The number of aromatic nitrogens is 1. The number of imide groups is 1. The van der Waals surface area contributed by atoms with E-state index in [9.17, 15) is 24.1 Å². The molecule has 3 aromatic carbocycles. The smallest absolute Gasteiger partial charge is 0.293 e. The number of thioether (sulfide) groups is 1. The molecule has 2 heterocycles. The van der Waals surface area contributed by atoms with Gasteiger partial charge in [0.2, 0.25) is 0 Å². The van der Waals surface area contributed by atoms with Crippen molar-refractivity contribution in [2.24, 2.45) is 0 Å². The molecule has 10 heteroatoms. The third kappa shape index (κ3) is 4.62. The maximum Gasteiger partial charge on any atom is 0.293 e. The highest BCUT2D eigenvalue weighted by Crippen LogP contribution is 2.36. The lowest BCUT2D eigenvalue weighted by molar-refractivity contribution is -0.384. The molecule has 0 spiro atoms. The highest BCUT2D eigenvalue weighted by Gasteiger charge is 2.35. The van der Waals surface area contributed by atoms with E-state index in [0.717, 1.165) is 44.8 Å². The first-order valence-electron chi connectivity index (χ1n) is 10.8. The van der Waals surface area contributed by atoms with Crippen LogP contribution in [0.15, 0.2) is 77.8 Å². The number of hydrogen-bond donors (Lipinski definition) is 0. The van der Waals surface area contributed by atoms with Gasteiger partial charge in [0.05, 0.1) is 16.4 Å². The molecule has 1 saturated heterocycles. The van der Waals surface area contributed by atoms with Crippen LogP contribution in [0.25, 0.3) is 17.0 Å². The third-order valence-electron chi connectivity index (χ3n) is 5.82. The van der Waals surface area contributed by atoms with Crippen LogP contribution < -0.4 is 0 Å². The van der Waals surface area contributed by atoms with Gasteiger partial charge in [-0.2, -0.15) is 0 Å². The standard InChI is InChI=1S/C26H17ClFN3O4S/c27-22-12-19(28)8-7-17(22)15-30-25(32)24(36-26(30)33)11-18-14-29(23-4-2-1-3-21(18)23)13-16-5-9-20(10-6-16)31(34)35/h1-12,14H,13,15H2/b24-11+. The second-order valence-electron chi connectivity index (χ2n) is 8.16. The lowest BCUT2D eigenvalue weighted by Crippen LogP contribution is -2.27. The van der Waals surface area contributed by atoms with Gasteiger partial charge in [0, 0.05) is 46.4 Å². The van der Waals surface area contributed by atoms with Crippen LogP contribution in [0.5, 0.6) is 0 Å². The first-order chi connectivity index (χ1) is 17.3. The molecule has 1 aromatic heterocycles. The zero-order valence-corrected chi connectivity index (χ0v) is 20.1. The molecule has 1 aliphatic rings. The summed E-state index contributed by atoms with van der Waals surface area (Å²) in [6, 6.07) is 17.8. The Morgan fingerprint density at radius 3 is 2.50 bits per heavy atom. The van der Waals surface area contributed by atoms with E-state index in [-0.39, 0.29) is 22.2 Å². The molecule has 180 valence electrons. The molecule has 0 unspecified atom stereocenters. The van der Waals surface area contributed by atoms with E-state index in [0.29, 0.717) is 12.1 Å². The number of carbonyl (C=O) groups excluding carboxylic acids is 2. The normalized spacial score (nSPS) is 14.8. The fraction of sp³-hybridized carbons (Fsp3) is 0.0769. The first kappa shape index (κ1) is 23.8. The summed E-state index contributed by atoms with van der Waals surface area (Å²) in [5.74, 6) is -0.944. The fourth-order valence-corrected chi connectivity index (χ4v) is 5.09. The molecule has 36 heavy (non-hydrogen) atoms. The topological polar surface area (TPSA) is 85.5 Å². The Bertz CT molecular complexity index is 1570. The zero-order valence-electron chi connectivity index (χ0n) is 18.6. The van der Waals surface area contributed by atoms with Gasteiger partial charge in [-0.3, -0.25) is 24.6 Å². The summed E-state index contributed by atoms with van der Waals surface area (Å²) in [6.07, 6.45) is 3.57. The number of carbonyl (C=O) groups is 2. The molecule has 0 atom stereocenters. The van der Waals surface area contributed by atoms with E-state index in [1.54, 1.807) is 18.2 Å². The molecule has 4 aromatic rings. The molecular weight excluding hydrogens is 505 g/mol. The van der Waals surface area contributed by atoms with Gasteiger partial charge < -0.3 is 4.57 Å². The van der Waals surface area contributed by atoms with Crippen LogP contribution >= 0.6 is 23.4 Å². The fourth-order valence-electron chi connectivity index (χ4n) is 4.04. The van der Waals surface area contributed by atoms with Crippen LogP contribution in [0.4, 0.5) is 14.9 Å². The summed E-state index contributed by atoms with van der Waals surface area (Å²) < 4.78 is 15.4. The highest BCUT2D eigenvalue weighted by atomic mass is 35.5. The van der Waals surface area contributed by atoms with Crippen molar-refractivity contribution in [3.05, 3.63) is 115 Å². The minimum absolute atomic E-state index is 0.0226. The maximum atomic E-state index is 13.4. The molecule has 0 aliphatic carbocycles. The van der Waals surface area contributed by atoms with E-state index in [1.807, 2.05) is 35.0 Å². The Balaban J connectivity index is 1.44. The van der Waals surface area contributed by atoms with Gasteiger partial charge in [0.1, 0.15) is 5.82 Å². The van der Waals surface area contributed by atoms with Crippen molar-refractivity contribution in [1.29, 1.82) is 0 Å². The van der Waals surface area contributed by atoms with Crippen LogP contribution in [0.1, 0.15) is 16.7 Å². The number of non-ortho nitro benzene ring substituents is 1. The van der Waals surface area contributed by atoms with Gasteiger partial charge in [0.15, 0.2) is 0 Å². The van der Waals surface area contributed by atoms with Gasteiger partial charge in [-0.05, 0) is 47.2 Å². The van der Waals surface area contributed by atoms with Crippen LogP contribution in [-0.2, 0) is 17.9 Å². The van der Waals surface area contributed by atoms with Crippen LogP contribution in [0, 0.1) is 15.9 Å². The average Bonchev–Trinajstić information content (AvgIpc) is 3.33. The van der Waals surface area contributed by atoms with Crippen molar-refractivity contribution in [3.8, 4) is 0 Å². The molecule has 0 N–H and O–H groups in total. The van der Waals surface area contributed by atoms with E-state index in [1.165, 1.54) is 24.3 Å². The molecule has 2 amide bonds. The predicted molar refractivity (Wildman–Crippen MR) is 137 cm³/mol. The SMILES string of the molecule is O=C1S/C(=C/c2cn(Cc3ccc([N+](=O)[O-])cc3)c3ccccc23)C(=O)N1Cc1ccc(F)cc1Cl. The Kier molecular flexibility index (Phi) is 6.34. The Morgan fingerprint density at radius 1 is 1.03 bits per heavy atom. The summed E-state index contributed by atoms with van der Waals surface area (Å²) >= 11 is 6.92. The number of nitro groups is 1. The quantitative estimate of drug-likeness (QED) is 0.161. The summed E-state index contributed by atoms with van der Waals surface area (Å²) in [6.45, 7) is 0.417. The molecule has 0 saturated carbocycles. The maximum absolute atomic E-state index is 13.4. The summed E-state index contributed by atoms with van der Waals surface area (Å²) in [7, 11) is 0. The highest BCUT2D eigenvalue weighted by molar-refractivity contribution is 8.18. The summed E-state index contributed by atoms with van der Waals surface area (Å²) in [5.41, 5.74) is 3.05. The number of para-hydroxylation sites is 1. The second-order valence-corrected chi connectivity index (χ2v) is 9.56. The van der Waals surface area contributed by atoms with E-state index < -0.39 is 21.9 Å². The molecule has 0 bridgehead atoms. The van der Waals surface area contributed by atoms with Gasteiger partial charge in [-0.15, -0.1) is 0 Å². The summed E-state index contributed by atoms with van der Waals surface area (Å²) in [4.78, 5) is 37.5.